The normalized spacial score (nSPS) is 10.1. The third-order valence-corrected chi connectivity index (χ3v) is 2.64. The Kier molecular flexibility index (Phi) is 3.28. The van der Waals surface area contributed by atoms with Crippen LogP contribution in [0.3, 0.4) is 0 Å². The number of pyridine rings is 1. The lowest BCUT2D eigenvalue weighted by atomic mass is 10.1. The molecule has 0 spiro atoms. The zero-order valence-corrected chi connectivity index (χ0v) is 10.4. The molecule has 0 bridgehead atoms. The molecule has 4 heteroatoms. The van der Waals surface area contributed by atoms with Gasteiger partial charge in [0.25, 0.3) is 5.91 Å². The minimum atomic E-state index is -0.174. The highest BCUT2D eigenvalue weighted by atomic mass is 16.1. The zero-order valence-electron chi connectivity index (χ0n) is 10.4. The number of hydrogen-bond acceptors (Lipinski definition) is 3. The Morgan fingerprint density at radius 1 is 1.22 bits per heavy atom. The summed E-state index contributed by atoms with van der Waals surface area (Å²) in [5.41, 5.74) is 9.42. The molecule has 92 valence electrons. The molecule has 0 unspecified atom stereocenters. The van der Waals surface area contributed by atoms with Crippen LogP contribution in [0.5, 0.6) is 0 Å². The second kappa shape index (κ2) is 4.87. The van der Waals surface area contributed by atoms with Crippen molar-refractivity contribution in [3.8, 4) is 0 Å². The summed E-state index contributed by atoms with van der Waals surface area (Å²) in [6.07, 6.45) is 3.36. The molecule has 4 nitrogen and oxygen atoms in total. The van der Waals surface area contributed by atoms with E-state index in [1.165, 1.54) is 0 Å². The van der Waals surface area contributed by atoms with E-state index in [2.05, 4.69) is 10.3 Å². The maximum atomic E-state index is 12.1. The molecule has 1 aromatic carbocycles. The summed E-state index contributed by atoms with van der Waals surface area (Å²) in [6.45, 7) is 3.80. The Morgan fingerprint density at radius 2 is 2.00 bits per heavy atom. The molecule has 0 atom stereocenters. The molecule has 0 radical (unpaired) electrons. The highest BCUT2D eigenvalue weighted by Crippen LogP contribution is 2.15. The first-order chi connectivity index (χ1) is 8.56. The van der Waals surface area contributed by atoms with Crippen molar-refractivity contribution in [1.29, 1.82) is 0 Å². The van der Waals surface area contributed by atoms with Crippen LogP contribution in [0.25, 0.3) is 0 Å². The summed E-state index contributed by atoms with van der Waals surface area (Å²) < 4.78 is 0. The summed E-state index contributed by atoms with van der Waals surface area (Å²) in [6, 6.07) is 7.15. The fraction of sp³-hybridized carbons (Fsp3) is 0.143. The van der Waals surface area contributed by atoms with Gasteiger partial charge in [-0.1, -0.05) is 6.07 Å². The number of aromatic nitrogens is 1. The number of aryl methyl sites for hydroxylation is 2. The van der Waals surface area contributed by atoms with E-state index in [0.717, 1.165) is 11.1 Å². The second-order valence-electron chi connectivity index (χ2n) is 4.28. The van der Waals surface area contributed by atoms with Crippen molar-refractivity contribution < 1.29 is 4.79 Å². The zero-order chi connectivity index (χ0) is 13.1. The van der Waals surface area contributed by atoms with E-state index in [-0.39, 0.29) is 5.91 Å². The molecular formula is C14H15N3O. The van der Waals surface area contributed by atoms with Crippen LogP contribution in [-0.2, 0) is 0 Å². The van der Waals surface area contributed by atoms with Crippen molar-refractivity contribution in [1.82, 2.24) is 4.98 Å². The van der Waals surface area contributed by atoms with Crippen molar-refractivity contribution in [2.75, 3.05) is 11.1 Å². The predicted molar refractivity (Wildman–Crippen MR) is 72.5 cm³/mol. The van der Waals surface area contributed by atoms with Crippen molar-refractivity contribution in [2.24, 2.45) is 0 Å². The van der Waals surface area contributed by atoms with Gasteiger partial charge in [-0.05, 0) is 43.2 Å². The SMILES string of the molecule is Cc1cncc(NC(=O)c2cc(N)ccc2C)c1. The first-order valence-electron chi connectivity index (χ1n) is 5.65. The number of nitrogen functional groups attached to an aromatic ring is 1. The summed E-state index contributed by atoms with van der Waals surface area (Å²) in [7, 11) is 0. The third-order valence-electron chi connectivity index (χ3n) is 2.64. The summed E-state index contributed by atoms with van der Waals surface area (Å²) in [5.74, 6) is -0.174. The number of carbonyl (C=O) groups is 1. The molecule has 0 fully saturated rings. The van der Waals surface area contributed by atoms with Gasteiger partial charge in [-0.15, -0.1) is 0 Å². The number of rotatable bonds is 2. The smallest absolute Gasteiger partial charge is 0.256 e. The quantitative estimate of drug-likeness (QED) is 0.794. The van der Waals surface area contributed by atoms with E-state index in [9.17, 15) is 4.79 Å². The molecule has 0 aliphatic carbocycles. The largest absolute Gasteiger partial charge is 0.399 e. The van der Waals surface area contributed by atoms with Crippen molar-refractivity contribution in [3.05, 3.63) is 53.3 Å². The van der Waals surface area contributed by atoms with E-state index in [1.807, 2.05) is 26.0 Å². The molecule has 1 amide bonds. The fourth-order valence-corrected chi connectivity index (χ4v) is 1.71. The minimum absolute atomic E-state index is 0.174. The maximum Gasteiger partial charge on any atom is 0.256 e. The number of carbonyl (C=O) groups excluding carboxylic acids is 1. The Balaban J connectivity index is 2.24. The average molecular weight is 241 g/mol. The maximum absolute atomic E-state index is 12.1. The van der Waals surface area contributed by atoms with Gasteiger partial charge >= 0.3 is 0 Å². The Hall–Kier alpha value is -2.36. The van der Waals surface area contributed by atoms with Crippen LogP contribution in [0.1, 0.15) is 21.5 Å². The highest BCUT2D eigenvalue weighted by molar-refractivity contribution is 6.05. The Labute approximate surface area is 106 Å². The van der Waals surface area contributed by atoms with Crippen molar-refractivity contribution in [2.45, 2.75) is 13.8 Å². The van der Waals surface area contributed by atoms with Gasteiger partial charge in [0.2, 0.25) is 0 Å². The average Bonchev–Trinajstić information content (AvgIpc) is 2.32. The monoisotopic (exact) mass is 241 g/mol. The first kappa shape index (κ1) is 12.1. The van der Waals surface area contributed by atoms with E-state index in [0.29, 0.717) is 16.9 Å². The Bertz CT molecular complexity index is 593. The number of nitrogens with two attached hydrogens (primary N) is 1. The lowest BCUT2D eigenvalue weighted by molar-refractivity contribution is 0.102. The van der Waals surface area contributed by atoms with Crippen LogP contribution in [0, 0.1) is 13.8 Å². The number of nitrogens with one attached hydrogen (secondary N) is 1. The molecule has 2 rings (SSSR count). The van der Waals surface area contributed by atoms with Crippen LogP contribution < -0.4 is 11.1 Å². The fourth-order valence-electron chi connectivity index (χ4n) is 1.71. The summed E-state index contributed by atoms with van der Waals surface area (Å²) >= 11 is 0. The number of nitrogens with zero attached hydrogens (tertiary/aromatic N) is 1. The van der Waals surface area contributed by atoms with Crippen LogP contribution in [0.15, 0.2) is 36.7 Å². The van der Waals surface area contributed by atoms with E-state index < -0.39 is 0 Å². The van der Waals surface area contributed by atoms with Crippen LogP contribution in [0.4, 0.5) is 11.4 Å². The van der Waals surface area contributed by atoms with Gasteiger partial charge in [0.1, 0.15) is 0 Å². The van der Waals surface area contributed by atoms with Gasteiger partial charge in [0, 0.05) is 17.4 Å². The number of hydrogen-bond donors (Lipinski definition) is 2. The van der Waals surface area contributed by atoms with Gasteiger partial charge in [-0.2, -0.15) is 0 Å². The van der Waals surface area contributed by atoms with Gasteiger partial charge in [0.15, 0.2) is 0 Å². The molecule has 3 N–H and O–H groups in total. The van der Waals surface area contributed by atoms with E-state index >= 15 is 0 Å². The molecule has 0 aliphatic rings. The van der Waals surface area contributed by atoms with Gasteiger partial charge < -0.3 is 11.1 Å². The lowest BCUT2D eigenvalue weighted by Gasteiger charge is -2.08. The molecule has 18 heavy (non-hydrogen) atoms. The first-order valence-corrected chi connectivity index (χ1v) is 5.65. The van der Waals surface area contributed by atoms with Crippen LogP contribution in [-0.4, -0.2) is 10.9 Å². The summed E-state index contributed by atoms with van der Waals surface area (Å²) in [5, 5.41) is 2.81. The minimum Gasteiger partial charge on any atom is -0.399 e. The van der Waals surface area contributed by atoms with Crippen LogP contribution in [0.2, 0.25) is 0 Å². The lowest BCUT2D eigenvalue weighted by Crippen LogP contribution is -2.14. The summed E-state index contributed by atoms with van der Waals surface area (Å²) in [4.78, 5) is 16.1. The molecule has 0 saturated carbocycles. The van der Waals surface area contributed by atoms with Gasteiger partial charge in [-0.3, -0.25) is 9.78 Å². The van der Waals surface area contributed by atoms with E-state index in [1.54, 1.807) is 24.5 Å². The number of amides is 1. The second-order valence-corrected chi connectivity index (χ2v) is 4.28. The highest BCUT2D eigenvalue weighted by Gasteiger charge is 2.09. The number of benzene rings is 1. The van der Waals surface area contributed by atoms with Crippen molar-refractivity contribution in [3.63, 3.8) is 0 Å². The van der Waals surface area contributed by atoms with Crippen LogP contribution >= 0.6 is 0 Å². The molecule has 2 aromatic rings. The number of anilines is 2. The standard InChI is InChI=1S/C14H15N3O/c1-9-5-12(8-16-7-9)17-14(18)13-6-11(15)4-3-10(13)2/h3-8H,15H2,1-2H3,(H,17,18). The topological polar surface area (TPSA) is 68.0 Å². The Morgan fingerprint density at radius 3 is 2.72 bits per heavy atom. The van der Waals surface area contributed by atoms with Crippen molar-refractivity contribution >= 4 is 17.3 Å². The molecule has 1 aromatic heterocycles. The molecule has 1 heterocycles. The molecular weight excluding hydrogens is 226 g/mol. The van der Waals surface area contributed by atoms with E-state index in [4.69, 9.17) is 5.73 Å². The van der Waals surface area contributed by atoms with Gasteiger partial charge in [-0.25, -0.2) is 0 Å². The molecule has 0 aliphatic heterocycles. The predicted octanol–water partition coefficient (Wildman–Crippen LogP) is 2.53. The third kappa shape index (κ3) is 2.66. The van der Waals surface area contributed by atoms with Gasteiger partial charge in [0.05, 0.1) is 11.9 Å². The molecule has 0 saturated heterocycles.